The van der Waals surface area contributed by atoms with Gasteiger partial charge in [0.25, 0.3) is 0 Å². The summed E-state index contributed by atoms with van der Waals surface area (Å²) in [5, 5.41) is 0.989. The third-order valence-electron chi connectivity index (χ3n) is 7.24. The highest BCUT2D eigenvalue weighted by atomic mass is 32.1. The number of aromatic nitrogens is 2. The molecule has 7 heteroatoms. The van der Waals surface area contributed by atoms with Crippen molar-refractivity contribution in [3.05, 3.63) is 115 Å². The highest BCUT2D eigenvalue weighted by molar-refractivity contribution is 7.73. The second-order valence-electron chi connectivity index (χ2n) is 9.41. The molecule has 0 N–H and O–H groups in total. The van der Waals surface area contributed by atoms with Crippen molar-refractivity contribution in [2.75, 3.05) is 7.11 Å². The number of hydrogen-bond donors (Lipinski definition) is 0. The van der Waals surface area contributed by atoms with Crippen molar-refractivity contribution in [3.63, 3.8) is 0 Å². The molecule has 4 nitrogen and oxygen atoms in total. The van der Waals surface area contributed by atoms with Crippen molar-refractivity contribution in [2.45, 2.75) is 25.7 Å². The van der Waals surface area contributed by atoms with E-state index in [2.05, 4.69) is 66.1 Å². The Balaban J connectivity index is 1.50. The van der Waals surface area contributed by atoms with Crippen molar-refractivity contribution in [2.24, 2.45) is 0 Å². The van der Waals surface area contributed by atoms with Gasteiger partial charge in [0.15, 0.2) is 3.95 Å². The Morgan fingerprint density at radius 1 is 0.921 bits per heavy atom. The Morgan fingerprint density at radius 2 is 1.68 bits per heavy atom. The van der Waals surface area contributed by atoms with E-state index in [1.54, 1.807) is 29.8 Å². The minimum Gasteiger partial charge on any atom is -0.497 e. The highest BCUT2D eigenvalue weighted by Crippen LogP contribution is 2.54. The molecular formula is C31H24N2O2S3. The molecule has 38 heavy (non-hydrogen) atoms. The maximum atomic E-state index is 6.67. The van der Waals surface area contributed by atoms with E-state index >= 15 is 0 Å². The monoisotopic (exact) mass is 552 g/mol. The fourth-order valence-corrected chi connectivity index (χ4v) is 8.13. The van der Waals surface area contributed by atoms with Gasteiger partial charge in [0.1, 0.15) is 22.3 Å². The second-order valence-corrected chi connectivity index (χ2v) is 12.2. The number of allylic oxidation sites excluding steroid dienone is 4. The van der Waals surface area contributed by atoms with Crippen LogP contribution in [0.25, 0.3) is 27.1 Å². The molecular weight excluding hydrogens is 529 g/mol. The van der Waals surface area contributed by atoms with Crippen LogP contribution < -0.4 is 4.74 Å². The molecule has 1 atom stereocenters. The zero-order chi connectivity index (χ0) is 25.8. The summed E-state index contributed by atoms with van der Waals surface area (Å²) >= 11 is 9.38. The molecule has 3 heterocycles. The minimum atomic E-state index is -0.0526. The number of para-hydroxylation sites is 2. The van der Waals surface area contributed by atoms with Crippen molar-refractivity contribution in [1.29, 1.82) is 0 Å². The summed E-state index contributed by atoms with van der Waals surface area (Å²) in [6, 6.07) is 27.1. The zero-order valence-corrected chi connectivity index (χ0v) is 23.4. The topological polar surface area (TPSA) is 36.3 Å². The van der Waals surface area contributed by atoms with Crippen molar-refractivity contribution < 1.29 is 9.47 Å². The van der Waals surface area contributed by atoms with Gasteiger partial charge in [0, 0.05) is 34.0 Å². The molecule has 188 valence electrons. The molecule has 0 spiro atoms. The van der Waals surface area contributed by atoms with Crippen molar-refractivity contribution >= 4 is 56.3 Å². The zero-order valence-electron chi connectivity index (χ0n) is 20.9. The smallest absolute Gasteiger partial charge is 0.166 e. The molecule has 0 fully saturated rings. The largest absolute Gasteiger partial charge is 0.497 e. The molecule has 3 aromatic carbocycles. The van der Waals surface area contributed by atoms with Gasteiger partial charge in [0.05, 0.1) is 23.0 Å². The molecule has 7 rings (SSSR count). The molecule has 1 unspecified atom stereocenters. The summed E-state index contributed by atoms with van der Waals surface area (Å²) in [5.74, 6) is 2.72. The molecule has 0 saturated heterocycles. The van der Waals surface area contributed by atoms with Crippen LogP contribution in [0.15, 0.2) is 90.4 Å². The van der Waals surface area contributed by atoms with Gasteiger partial charge in [-0.3, -0.25) is 4.57 Å². The predicted molar refractivity (Wildman–Crippen MR) is 159 cm³/mol. The summed E-state index contributed by atoms with van der Waals surface area (Å²) < 4.78 is 16.4. The lowest BCUT2D eigenvalue weighted by Gasteiger charge is -2.35. The Kier molecular flexibility index (Phi) is 5.80. The molecule has 2 aromatic heterocycles. The van der Waals surface area contributed by atoms with E-state index in [9.17, 15) is 0 Å². The number of benzene rings is 3. The van der Waals surface area contributed by atoms with Crippen LogP contribution in [-0.4, -0.2) is 16.7 Å². The van der Waals surface area contributed by atoms with E-state index < -0.39 is 0 Å². The maximum absolute atomic E-state index is 6.67. The molecule has 2 aliphatic rings. The SMILES string of the molecule is COc1ccc(C2C(c3nc4ccccc4s3)=C(C)OC3=C2c2c(sc(=S)n2-c2ccccc2)CC3)cc1. The van der Waals surface area contributed by atoms with Crippen LogP contribution in [0.4, 0.5) is 0 Å². The number of fused-ring (bicyclic) bond motifs is 3. The fourth-order valence-electron chi connectivity index (χ4n) is 5.54. The Hall–Kier alpha value is -3.52. The average Bonchev–Trinajstić information content (AvgIpc) is 3.53. The Morgan fingerprint density at radius 3 is 2.45 bits per heavy atom. The van der Waals surface area contributed by atoms with E-state index in [1.807, 2.05) is 24.3 Å². The molecule has 1 aliphatic heterocycles. The number of nitrogens with zero attached hydrogens (tertiary/aromatic N) is 2. The van der Waals surface area contributed by atoms with Gasteiger partial charge in [-0.05, 0) is 67.5 Å². The van der Waals surface area contributed by atoms with Gasteiger partial charge < -0.3 is 9.47 Å². The molecule has 0 bridgehead atoms. The van der Waals surface area contributed by atoms with E-state index in [4.69, 9.17) is 26.7 Å². The first-order valence-corrected chi connectivity index (χ1v) is 14.6. The fraction of sp³-hybridized carbons (Fsp3) is 0.161. The normalized spacial score (nSPS) is 16.8. The van der Waals surface area contributed by atoms with Gasteiger partial charge in [-0.2, -0.15) is 0 Å². The van der Waals surface area contributed by atoms with E-state index in [0.29, 0.717) is 0 Å². The summed E-state index contributed by atoms with van der Waals surface area (Å²) in [6.45, 7) is 2.08. The lowest BCUT2D eigenvalue weighted by Crippen LogP contribution is -2.21. The number of aryl methyl sites for hydroxylation is 1. The van der Waals surface area contributed by atoms with E-state index in [-0.39, 0.29) is 5.92 Å². The number of thiazole rings is 2. The summed E-state index contributed by atoms with van der Waals surface area (Å²) in [5.41, 5.74) is 6.73. The minimum absolute atomic E-state index is 0.0526. The van der Waals surface area contributed by atoms with E-state index in [1.165, 1.54) is 26.4 Å². The maximum Gasteiger partial charge on any atom is 0.166 e. The van der Waals surface area contributed by atoms with Crippen LogP contribution in [0.2, 0.25) is 0 Å². The van der Waals surface area contributed by atoms with Gasteiger partial charge in [-0.1, -0.05) is 42.5 Å². The van der Waals surface area contributed by atoms with Gasteiger partial charge in [-0.25, -0.2) is 4.98 Å². The van der Waals surface area contributed by atoms with Crippen LogP contribution in [0.3, 0.4) is 0 Å². The first kappa shape index (κ1) is 23.6. The van der Waals surface area contributed by atoms with Gasteiger partial charge in [-0.15, -0.1) is 22.7 Å². The van der Waals surface area contributed by atoms with Crippen LogP contribution >= 0.6 is 34.9 Å². The number of methoxy groups -OCH3 is 1. The standard InChI is InChI=1S/C31H24N2O2S3/c1-18-26(30-32-22-10-6-7-11-24(22)37-30)27(19-12-14-21(34-2)15-13-19)28-23(35-18)16-17-25-29(28)33(31(36)38-25)20-8-4-3-5-9-20/h3-15,27H,16-17H2,1-2H3. The van der Waals surface area contributed by atoms with Crippen LogP contribution in [-0.2, 0) is 11.2 Å². The predicted octanol–water partition coefficient (Wildman–Crippen LogP) is 8.79. The first-order chi connectivity index (χ1) is 18.6. The Bertz CT molecular complexity index is 1770. The van der Waals surface area contributed by atoms with Gasteiger partial charge >= 0.3 is 0 Å². The van der Waals surface area contributed by atoms with Crippen LogP contribution in [0, 0.1) is 3.95 Å². The summed E-state index contributed by atoms with van der Waals surface area (Å²) in [6.07, 6.45) is 1.77. The molecule has 0 amide bonds. The van der Waals surface area contributed by atoms with Crippen LogP contribution in [0.5, 0.6) is 5.75 Å². The highest BCUT2D eigenvalue weighted by Gasteiger charge is 2.39. The molecule has 0 radical (unpaired) electrons. The summed E-state index contributed by atoms with van der Waals surface area (Å²) in [4.78, 5) is 6.39. The molecule has 0 saturated carbocycles. The van der Waals surface area contributed by atoms with E-state index in [0.717, 1.165) is 55.8 Å². The Labute approximate surface area is 234 Å². The lowest BCUT2D eigenvalue weighted by atomic mass is 9.78. The number of hydrogen-bond acceptors (Lipinski definition) is 6. The quantitative estimate of drug-likeness (QED) is 0.209. The van der Waals surface area contributed by atoms with Crippen LogP contribution in [0.1, 0.15) is 40.4 Å². The number of ether oxygens (including phenoxy) is 2. The lowest BCUT2D eigenvalue weighted by molar-refractivity contribution is 0.286. The number of rotatable bonds is 4. The average molecular weight is 553 g/mol. The van der Waals surface area contributed by atoms with Crippen molar-refractivity contribution in [1.82, 2.24) is 9.55 Å². The van der Waals surface area contributed by atoms with Crippen molar-refractivity contribution in [3.8, 4) is 11.4 Å². The third kappa shape index (κ3) is 3.76. The second kappa shape index (κ2) is 9.34. The van der Waals surface area contributed by atoms with Gasteiger partial charge in [0.2, 0.25) is 0 Å². The molecule has 5 aromatic rings. The first-order valence-electron chi connectivity index (χ1n) is 12.5. The molecule has 1 aliphatic carbocycles. The third-order valence-corrected chi connectivity index (χ3v) is 9.74. The summed E-state index contributed by atoms with van der Waals surface area (Å²) in [7, 11) is 1.70.